The largest absolute Gasteiger partial charge is 0.444 e. The Morgan fingerprint density at radius 3 is 1.93 bits per heavy atom. The molecule has 4 N–H and O–H groups in total. The van der Waals surface area contributed by atoms with E-state index in [1.54, 1.807) is 27.7 Å². The topological polar surface area (TPSA) is 117 Å². The van der Waals surface area contributed by atoms with E-state index in [4.69, 9.17) is 9.84 Å². The summed E-state index contributed by atoms with van der Waals surface area (Å²) >= 11 is 0. The summed E-state index contributed by atoms with van der Waals surface area (Å²) in [6.45, 7) is 7.66. The van der Waals surface area contributed by atoms with Crippen molar-refractivity contribution < 1.29 is 24.2 Å². The van der Waals surface area contributed by atoms with Gasteiger partial charge >= 0.3 is 6.09 Å². The fraction of sp³-hybridized carbons (Fsp3) is 0.531. The smallest absolute Gasteiger partial charge is 0.408 e. The van der Waals surface area contributed by atoms with Crippen LogP contribution in [-0.4, -0.2) is 53.3 Å². The highest BCUT2D eigenvalue weighted by molar-refractivity contribution is 5.94. The molecule has 0 saturated carbocycles. The van der Waals surface area contributed by atoms with Gasteiger partial charge in [-0.2, -0.15) is 0 Å². The molecular weight excluding hydrogens is 506 g/mol. The maximum Gasteiger partial charge on any atom is 0.408 e. The maximum atomic E-state index is 13.8. The summed E-state index contributed by atoms with van der Waals surface area (Å²) < 4.78 is 5.45. The van der Waals surface area contributed by atoms with Gasteiger partial charge in [0.15, 0.2) is 0 Å². The summed E-state index contributed by atoms with van der Waals surface area (Å²) in [7, 11) is 0. The average molecular weight is 554 g/mol. The highest BCUT2D eigenvalue weighted by atomic mass is 16.6. The van der Waals surface area contributed by atoms with E-state index < -0.39 is 29.2 Å². The first kappa shape index (κ1) is 32.8. The lowest BCUT2D eigenvalue weighted by Crippen LogP contribution is -2.62. The number of amides is 3. The third kappa shape index (κ3) is 12.6. The molecule has 2 rings (SSSR count). The molecule has 8 heteroatoms. The van der Waals surface area contributed by atoms with E-state index in [1.807, 2.05) is 60.7 Å². The molecule has 8 nitrogen and oxygen atoms in total. The van der Waals surface area contributed by atoms with Gasteiger partial charge in [0.1, 0.15) is 17.2 Å². The van der Waals surface area contributed by atoms with Crippen molar-refractivity contribution in [3.63, 3.8) is 0 Å². The van der Waals surface area contributed by atoms with Crippen LogP contribution in [0.3, 0.4) is 0 Å². The van der Waals surface area contributed by atoms with Gasteiger partial charge in [0.25, 0.3) is 0 Å². The van der Waals surface area contributed by atoms with Crippen LogP contribution in [0.1, 0.15) is 77.3 Å². The molecule has 0 aliphatic carbocycles. The molecule has 0 aliphatic rings. The molecule has 0 heterocycles. The first-order chi connectivity index (χ1) is 19.0. The van der Waals surface area contributed by atoms with Crippen LogP contribution in [0.2, 0.25) is 0 Å². The zero-order valence-corrected chi connectivity index (χ0v) is 24.5. The van der Waals surface area contributed by atoms with E-state index in [0.29, 0.717) is 13.0 Å². The Kier molecular flexibility index (Phi) is 13.7. The maximum absolute atomic E-state index is 13.8. The average Bonchev–Trinajstić information content (AvgIpc) is 2.89. The van der Waals surface area contributed by atoms with Crippen molar-refractivity contribution >= 4 is 17.9 Å². The minimum Gasteiger partial charge on any atom is -0.444 e. The highest BCUT2D eigenvalue weighted by Gasteiger charge is 2.38. The van der Waals surface area contributed by atoms with Gasteiger partial charge in [-0.05, 0) is 51.7 Å². The van der Waals surface area contributed by atoms with Crippen molar-refractivity contribution in [2.75, 3.05) is 13.2 Å². The SMILES string of the molecule is CC(C)(C)OC(=O)N[C@@](C)(Cc1ccccc1)C(=O)NC(Cc1ccccc1)C(=O)NCCCCCCCCO. The molecule has 2 aromatic carbocycles. The summed E-state index contributed by atoms with van der Waals surface area (Å²) in [5.74, 6) is -0.737. The first-order valence-electron chi connectivity index (χ1n) is 14.3. The second kappa shape index (κ2) is 16.7. The Morgan fingerprint density at radius 1 is 0.800 bits per heavy atom. The first-order valence-corrected chi connectivity index (χ1v) is 14.3. The summed E-state index contributed by atoms with van der Waals surface area (Å²) in [5, 5.41) is 17.6. The van der Waals surface area contributed by atoms with Gasteiger partial charge in [-0.1, -0.05) is 86.3 Å². The fourth-order valence-corrected chi connectivity index (χ4v) is 4.37. The number of carbonyl (C=O) groups is 3. The van der Waals surface area contributed by atoms with Crippen LogP contribution in [0.5, 0.6) is 0 Å². The van der Waals surface area contributed by atoms with E-state index in [9.17, 15) is 14.4 Å². The predicted molar refractivity (Wildman–Crippen MR) is 158 cm³/mol. The lowest BCUT2D eigenvalue weighted by Gasteiger charge is -2.32. The Bertz CT molecular complexity index is 1040. The Balaban J connectivity index is 2.14. The van der Waals surface area contributed by atoms with E-state index in [0.717, 1.165) is 49.7 Å². The normalized spacial score (nSPS) is 13.5. The van der Waals surface area contributed by atoms with Crippen LogP contribution in [0.15, 0.2) is 60.7 Å². The molecule has 2 atom stereocenters. The number of carbonyl (C=O) groups excluding carboxylic acids is 3. The van der Waals surface area contributed by atoms with Crippen molar-refractivity contribution in [2.45, 2.75) is 96.2 Å². The van der Waals surface area contributed by atoms with Gasteiger partial charge < -0.3 is 25.8 Å². The van der Waals surface area contributed by atoms with Gasteiger partial charge in [0, 0.05) is 26.0 Å². The van der Waals surface area contributed by atoms with E-state index in [-0.39, 0.29) is 18.9 Å². The van der Waals surface area contributed by atoms with Crippen molar-refractivity contribution in [3.8, 4) is 0 Å². The van der Waals surface area contributed by atoms with Gasteiger partial charge in [0.2, 0.25) is 11.8 Å². The second-order valence-electron chi connectivity index (χ2n) is 11.5. The van der Waals surface area contributed by atoms with Gasteiger partial charge in [-0.15, -0.1) is 0 Å². The number of aliphatic hydroxyl groups excluding tert-OH is 1. The number of ether oxygens (including phenoxy) is 1. The number of rotatable bonds is 16. The zero-order valence-electron chi connectivity index (χ0n) is 24.5. The number of benzene rings is 2. The lowest BCUT2D eigenvalue weighted by atomic mass is 9.91. The van der Waals surface area contributed by atoms with Crippen molar-refractivity contribution in [1.29, 1.82) is 0 Å². The van der Waals surface area contributed by atoms with Crippen LogP contribution in [0.4, 0.5) is 4.79 Å². The van der Waals surface area contributed by atoms with Crippen molar-refractivity contribution in [3.05, 3.63) is 71.8 Å². The Morgan fingerprint density at radius 2 is 1.35 bits per heavy atom. The molecule has 1 unspecified atom stereocenters. The number of alkyl carbamates (subject to hydrolysis) is 1. The molecule has 0 aromatic heterocycles. The highest BCUT2D eigenvalue weighted by Crippen LogP contribution is 2.17. The van der Waals surface area contributed by atoms with E-state index in [2.05, 4.69) is 16.0 Å². The number of aliphatic hydroxyl groups is 1. The van der Waals surface area contributed by atoms with Crippen LogP contribution in [-0.2, 0) is 27.2 Å². The third-order valence-corrected chi connectivity index (χ3v) is 6.47. The number of nitrogens with one attached hydrogen (secondary N) is 3. The summed E-state index contributed by atoms with van der Waals surface area (Å²) in [6.07, 6.45) is 5.59. The molecule has 0 spiro atoms. The molecular formula is C32H47N3O5. The van der Waals surface area contributed by atoms with Crippen LogP contribution in [0.25, 0.3) is 0 Å². The molecule has 3 amide bonds. The fourth-order valence-electron chi connectivity index (χ4n) is 4.37. The number of hydrogen-bond acceptors (Lipinski definition) is 5. The quantitative estimate of drug-likeness (QED) is 0.225. The standard InChI is InChI=1S/C32H47N3O5/c1-31(2,3)40-30(39)35-32(4,24-26-19-13-10-14-20-26)29(38)34-27(23-25-17-11-9-12-18-25)28(37)33-21-15-7-5-6-8-16-22-36/h9-14,17-20,27,36H,5-8,15-16,21-24H2,1-4H3,(H,33,37)(H,34,38)(H,35,39)/t27?,32-/m0/s1. The Hall–Kier alpha value is -3.39. The molecule has 220 valence electrons. The van der Waals surface area contributed by atoms with Gasteiger partial charge in [0.05, 0.1) is 0 Å². The van der Waals surface area contributed by atoms with E-state index in [1.165, 1.54) is 0 Å². The minimum atomic E-state index is -1.37. The molecule has 0 radical (unpaired) electrons. The molecule has 0 saturated heterocycles. The molecule has 2 aromatic rings. The summed E-state index contributed by atoms with van der Waals surface area (Å²) in [6, 6.07) is 18.1. The van der Waals surface area contributed by atoms with Crippen molar-refractivity contribution in [2.24, 2.45) is 0 Å². The summed E-state index contributed by atoms with van der Waals surface area (Å²) in [4.78, 5) is 39.8. The molecule has 0 fully saturated rings. The van der Waals surface area contributed by atoms with Crippen LogP contribution in [0, 0.1) is 0 Å². The number of hydrogen-bond donors (Lipinski definition) is 4. The van der Waals surface area contributed by atoms with Gasteiger partial charge in [-0.25, -0.2) is 4.79 Å². The summed E-state index contributed by atoms with van der Waals surface area (Å²) in [5.41, 5.74) is -0.327. The minimum absolute atomic E-state index is 0.217. The van der Waals surface area contributed by atoms with Crippen LogP contribution >= 0.6 is 0 Å². The van der Waals surface area contributed by atoms with E-state index >= 15 is 0 Å². The lowest BCUT2D eigenvalue weighted by molar-refractivity contribution is -0.132. The zero-order chi connectivity index (χ0) is 29.4. The molecule has 0 bridgehead atoms. The third-order valence-electron chi connectivity index (χ3n) is 6.47. The Labute approximate surface area is 239 Å². The van der Waals surface area contributed by atoms with Crippen LogP contribution < -0.4 is 16.0 Å². The van der Waals surface area contributed by atoms with Gasteiger partial charge in [-0.3, -0.25) is 9.59 Å². The monoisotopic (exact) mass is 553 g/mol. The predicted octanol–water partition coefficient (Wildman–Crippen LogP) is 4.69. The van der Waals surface area contributed by atoms with Crippen molar-refractivity contribution in [1.82, 2.24) is 16.0 Å². The second-order valence-corrected chi connectivity index (χ2v) is 11.5. The molecule has 0 aliphatic heterocycles. The molecule has 40 heavy (non-hydrogen) atoms. The number of unbranched alkanes of at least 4 members (excludes halogenated alkanes) is 5.